The van der Waals surface area contributed by atoms with Crippen LogP contribution in [0.4, 0.5) is 0 Å². The van der Waals surface area contributed by atoms with Crippen molar-refractivity contribution in [3.8, 4) is 0 Å². The molecule has 0 radical (unpaired) electrons. The van der Waals surface area contributed by atoms with Gasteiger partial charge in [-0.1, -0.05) is 29.3 Å². The molecule has 0 aliphatic heterocycles. The number of carbonyl (C=O) groups is 1. The second-order valence-corrected chi connectivity index (χ2v) is 5.02. The largest absolute Gasteiger partial charge is 0.357 e. The number of carbonyl (C=O) groups excluding carboxylic acids is 1. The van der Waals surface area contributed by atoms with Crippen LogP contribution in [0.3, 0.4) is 0 Å². The number of hydrogen-bond donors (Lipinski definition) is 2. The molecule has 1 heterocycles. The number of benzene rings is 1. The molecule has 0 atom stereocenters. The third kappa shape index (κ3) is 3.85. The maximum atomic E-state index is 11.8. The molecule has 4 nitrogen and oxygen atoms in total. The van der Waals surface area contributed by atoms with Gasteiger partial charge in [-0.15, -0.1) is 0 Å². The fourth-order valence-electron chi connectivity index (χ4n) is 1.71. The average Bonchev–Trinajstić information content (AvgIpc) is 2.41. The van der Waals surface area contributed by atoms with Gasteiger partial charge in [0.05, 0.1) is 0 Å². The van der Waals surface area contributed by atoms with E-state index < -0.39 is 0 Å². The molecule has 0 unspecified atom stereocenters. The summed E-state index contributed by atoms with van der Waals surface area (Å²) in [5.41, 5.74) is 0.923. The van der Waals surface area contributed by atoms with Crippen LogP contribution in [-0.2, 0) is 6.42 Å². The lowest BCUT2D eigenvalue weighted by atomic mass is 10.1. The number of H-pyrrole nitrogens is 1. The Kier molecular flexibility index (Phi) is 4.82. The molecule has 6 heteroatoms. The molecule has 0 bridgehead atoms. The Morgan fingerprint density at radius 1 is 1.20 bits per heavy atom. The molecule has 0 saturated carbocycles. The predicted octanol–water partition coefficient (Wildman–Crippen LogP) is 2.65. The maximum absolute atomic E-state index is 11.8. The first-order chi connectivity index (χ1) is 9.56. The van der Waals surface area contributed by atoms with Crippen LogP contribution < -0.4 is 10.7 Å². The molecular weight excluding hydrogens is 299 g/mol. The molecule has 2 aromatic rings. The van der Waals surface area contributed by atoms with Crippen molar-refractivity contribution in [1.82, 2.24) is 10.3 Å². The second-order valence-electron chi connectivity index (χ2n) is 4.18. The number of hydrogen-bond acceptors (Lipinski definition) is 2. The quantitative estimate of drug-likeness (QED) is 0.912. The Balaban J connectivity index is 1.93. The zero-order chi connectivity index (χ0) is 14.5. The van der Waals surface area contributed by atoms with Crippen LogP contribution in [0.25, 0.3) is 0 Å². The van der Waals surface area contributed by atoms with Gasteiger partial charge in [0.15, 0.2) is 5.43 Å². The minimum absolute atomic E-state index is 0.213. The molecular formula is C14H12Cl2N2O2. The van der Waals surface area contributed by atoms with Crippen LogP contribution in [0.2, 0.25) is 10.0 Å². The van der Waals surface area contributed by atoms with E-state index in [4.69, 9.17) is 23.2 Å². The number of nitrogens with one attached hydrogen (secondary N) is 2. The Bertz CT molecular complexity index is 683. The Hall–Kier alpha value is -1.78. The van der Waals surface area contributed by atoms with Crippen LogP contribution in [0.15, 0.2) is 41.3 Å². The minimum Gasteiger partial charge on any atom is -0.357 e. The van der Waals surface area contributed by atoms with Gasteiger partial charge in [0.2, 0.25) is 0 Å². The van der Waals surface area contributed by atoms with Gasteiger partial charge in [-0.05, 0) is 24.1 Å². The van der Waals surface area contributed by atoms with Crippen LogP contribution in [-0.4, -0.2) is 17.4 Å². The third-order valence-corrected chi connectivity index (χ3v) is 3.30. The van der Waals surface area contributed by atoms with Crippen LogP contribution in [0, 0.1) is 0 Å². The highest BCUT2D eigenvalue weighted by molar-refractivity contribution is 6.35. The molecule has 1 amide bonds. The molecule has 2 N–H and O–H groups in total. The van der Waals surface area contributed by atoms with Gasteiger partial charge in [-0.3, -0.25) is 9.59 Å². The number of aromatic amines is 1. The van der Waals surface area contributed by atoms with Crippen molar-refractivity contribution >= 4 is 29.1 Å². The highest BCUT2D eigenvalue weighted by atomic mass is 35.5. The molecule has 0 aliphatic rings. The maximum Gasteiger partial charge on any atom is 0.267 e. The first kappa shape index (κ1) is 14.6. The van der Waals surface area contributed by atoms with Crippen molar-refractivity contribution in [2.75, 3.05) is 6.54 Å². The van der Waals surface area contributed by atoms with Gasteiger partial charge in [0.25, 0.3) is 5.91 Å². The molecule has 0 fully saturated rings. The lowest BCUT2D eigenvalue weighted by molar-refractivity contribution is 0.0949. The zero-order valence-electron chi connectivity index (χ0n) is 10.5. The van der Waals surface area contributed by atoms with Crippen molar-refractivity contribution in [2.45, 2.75) is 6.42 Å². The van der Waals surface area contributed by atoms with E-state index >= 15 is 0 Å². The molecule has 1 aromatic carbocycles. The molecule has 0 saturated heterocycles. The minimum atomic E-state index is -0.326. The van der Waals surface area contributed by atoms with Crippen molar-refractivity contribution < 1.29 is 4.79 Å². The number of amides is 1. The summed E-state index contributed by atoms with van der Waals surface area (Å²) in [7, 11) is 0. The van der Waals surface area contributed by atoms with E-state index in [1.54, 1.807) is 12.1 Å². The van der Waals surface area contributed by atoms with Gasteiger partial charge in [-0.25, -0.2) is 0 Å². The summed E-state index contributed by atoms with van der Waals surface area (Å²) in [6.45, 7) is 0.414. The first-order valence-electron chi connectivity index (χ1n) is 5.97. The number of pyridine rings is 1. The summed E-state index contributed by atoms with van der Waals surface area (Å²) in [4.78, 5) is 25.6. The van der Waals surface area contributed by atoms with E-state index in [2.05, 4.69) is 10.3 Å². The monoisotopic (exact) mass is 310 g/mol. The summed E-state index contributed by atoms with van der Waals surface area (Å²) in [6, 6.07) is 7.84. The van der Waals surface area contributed by atoms with Gasteiger partial charge in [0.1, 0.15) is 5.69 Å². The normalized spacial score (nSPS) is 10.3. The lowest BCUT2D eigenvalue weighted by Gasteiger charge is -2.07. The fourth-order valence-corrected chi connectivity index (χ4v) is 2.21. The van der Waals surface area contributed by atoms with Gasteiger partial charge in [0, 0.05) is 34.9 Å². The van der Waals surface area contributed by atoms with Crippen molar-refractivity contribution in [3.63, 3.8) is 0 Å². The highest BCUT2D eigenvalue weighted by Gasteiger charge is 2.06. The van der Waals surface area contributed by atoms with Crippen molar-refractivity contribution in [3.05, 3.63) is 68.1 Å². The SMILES string of the molecule is O=C(NCCc1ccc(Cl)cc1Cl)c1cc(=O)cc[nH]1. The van der Waals surface area contributed by atoms with Crippen LogP contribution in [0.1, 0.15) is 16.1 Å². The van der Waals surface area contributed by atoms with Gasteiger partial charge >= 0.3 is 0 Å². The van der Waals surface area contributed by atoms with E-state index in [1.807, 2.05) is 6.07 Å². The predicted molar refractivity (Wildman–Crippen MR) is 79.6 cm³/mol. The van der Waals surface area contributed by atoms with Crippen molar-refractivity contribution in [1.29, 1.82) is 0 Å². The molecule has 0 spiro atoms. The standard InChI is InChI=1S/C14H12Cl2N2O2/c15-10-2-1-9(12(16)7-10)3-5-18-14(20)13-8-11(19)4-6-17-13/h1-2,4,6-8H,3,5H2,(H,17,19)(H,18,20). The summed E-state index contributed by atoms with van der Waals surface area (Å²) >= 11 is 11.8. The summed E-state index contributed by atoms with van der Waals surface area (Å²) in [5.74, 6) is -0.326. The Morgan fingerprint density at radius 3 is 2.70 bits per heavy atom. The fraction of sp³-hybridized carbons (Fsp3) is 0.143. The summed E-state index contributed by atoms with van der Waals surface area (Å²) in [6.07, 6.45) is 2.02. The number of rotatable bonds is 4. The van der Waals surface area contributed by atoms with E-state index in [0.29, 0.717) is 23.0 Å². The highest BCUT2D eigenvalue weighted by Crippen LogP contribution is 2.20. The van der Waals surface area contributed by atoms with E-state index in [1.165, 1.54) is 18.3 Å². The molecule has 1 aromatic heterocycles. The third-order valence-electron chi connectivity index (χ3n) is 2.71. The number of aromatic nitrogens is 1. The summed E-state index contributed by atoms with van der Waals surface area (Å²) < 4.78 is 0. The first-order valence-corrected chi connectivity index (χ1v) is 6.73. The van der Waals surface area contributed by atoms with E-state index in [-0.39, 0.29) is 17.0 Å². The van der Waals surface area contributed by atoms with Gasteiger partial charge < -0.3 is 10.3 Å². The Labute approximate surface area is 125 Å². The van der Waals surface area contributed by atoms with E-state index in [0.717, 1.165) is 5.56 Å². The number of halogens is 2. The van der Waals surface area contributed by atoms with Crippen molar-refractivity contribution in [2.24, 2.45) is 0 Å². The van der Waals surface area contributed by atoms with Crippen LogP contribution >= 0.6 is 23.2 Å². The Morgan fingerprint density at radius 2 is 2.00 bits per heavy atom. The van der Waals surface area contributed by atoms with Crippen LogP contribution in [0.5, 0.6) is 0 Å². The van der Waals surface area contributed by atoms with Gasteiger partial charge in [-0.2, -0.15) is 0 Å². The second kappa shape index (κ2) is 6.59. The molecule has 104 valence electrons. The smallest absolute Gasteiger partial charge is 0.267 e. The topological polar surface area (TPSA) is 62.0 Å². The van der Waals surface area contributed by atoms with E-state index in [9.17, 15) is 9.59 Å². The zero-order valence-corrected chi connectivity index (χ0v) is 12.0. The summed E-state index contributed by atoms with van der Waals surface area (Å²) in [5, 5.41) is 3.86. The molecule has 20 heavy (non-hydrogen) atoms. The average molecular weight is 311 g/mol. The molecule has 2 rings (SSSR count). The molecule has 0 aliphatic carbocycles. The lowest BCUT2D eigenvalue weighted by Crippen LogP contribution is -2.27.